The Hall–Kier alpha value is -1.21. The van der Waals surface area contributed by atoms with Gasteiger partial charge in [0.05, 0.1) is 18.8 Å². The van der Waals surface area contributed by atoms with Crippen LogP contribution in [-0.4, -0.2) is 42.7 Å². The summed E-state index contributed by atoms with van der Waals surface area (Å²) in [6.45, 7) is 2.47. The zero-order valence-corrected chi connectivity index (χ0v) is 9.97. The molecule has 0 radical (unpaired) electrons. The molecule has 0 amide bonds. The number of anilines is 1. The van der Waals surface area contributed by atoms with Gasteiger partial charge < -0.3 is 15.4 Å². The van der Waals surface area contributed by atoms with Crippen LogP contribution in [0.2, 0.25) is 0 Å². The Morgan fingerprint density at radius 3 is 3.12 bits per heavy atom. The lowest BCUT2D eigenvalue weighted by Gasteiger charge is -2.35. The molecule has 0 spiro atoms. The molecule has 0 aliphatic carbocycles. The minimum absolute atomic E-state index is 0.00903. The van der Waals surface area contributed by atoms with E-state index in [1.807, 2.05) is 0 Å². The van der Waals surface area contributed by atoms with Crippen LogP contribution in [0.15, 0.2) is 18.5 Å². The predicted molar refractivity (Wildman–Crippen MR) is 66.0 cm³/mol. The summed E-state index contributed by atoms with van der Waals surface area (Å²) >= 11 is 0. The average Bonchev–Trinajstić information content (AvgIpc) is 2.33. The molecule has 2 rings (SSSR count). The highest BCUT2D eigenvalue weighted by atomic mass is 16.5. The fourth-order valence-electron chi connectivity index (χ4n) is 2.09. The summed E-state index contributed by atoms with van der Waals surface area (Å²) < 4.78 is 5.74. The number of rotatable bonds is 3. The number of nitrogens with one attached hydrogen (secondary N) is 1. The van der Waals surface area contributed by atoms with Gasteiger partial charge in [0.2, 0.25) is 0 Å². The third-order valence-corrected chi connectivity index (χ3v) is 3.07. The van der Waals surface area contributed by atoms with Gasteiger partial charge in [-0.05, 0) is 13.1 Å². The fourth-order valence-corrected chi connectivity index (χ4v) is 2.09. The van der Waals surface area contributed by atoms with Gasteiger partial charge in [0.1, 0.15) is 0 Å². The van der Waals surface area contributed by atoms with E-state index in [4.69, 9.17) is 16.3 Å². The minimum atomic E-state index is -0.133. The molecule has 6 heteroatoms. The number of nitrogens with two attached hydrogens (primary N) is 2. The molecule has 94 valence electrons. The van der Waals surface area contributed by atoms with Crippen molar-refractivity contribution in [1.29, 1.82) is 0 Å². The van der Waals surface area contributed by atoms with E-state index in [-0.39, 0.29) is 12.1 Å². The molecule has 1 fully saturated rings. The van der Waals surface area contributed by atoms with Crippen LogP contribution in [0.25, 0.3) is 0 Å². The van der Waals surface area contributed by atoms with Crippen LogP contribution in [0.1, 0.15) is 11.6 Å². The lowest BCUT2D eigenvalue weighted by molar-refractivity contribution is -0.0392. The summed E-state index contributed by atoms with van der Waals surface area (Å²) in [5.74, 6) is 5.62. The highest BCUT2D eigenvalue weighted by molar-refractivity contribution is 5.46. The van der Waals surface area contributed by atoms with Crippen molar-refractivity contribution in [1.82, 2.24) is 15.3 Å². The molecule has 0 bridgehead atoms. The number of hydrogen-bond acceptors (Lipinski definition) is 6. The molecule has 6 nitrogen and oxygen atoms in total. The molecule has 2 heterocycles. The molecule has 1 aliphatic rings. The van der Waals surface area contributed by atoms with E-state index in [0.29, 0.717) is 12.3 Å². The predicted octanol–water partition coefficient (Wildman–Crippen LogP) is -0.501. The second-order valence-corrected chi connectivity index (χ2v) is 4.32. The van der Waals surface area contributed by atoms with Gasteiger partial charge in [0, 0.05) is 36.7 Å². The normalized spacial score (nSPS) is 23.5. The Kier molecular flexibility index (Phi) is 3.90. The van der Waals surface area contributed by atoms with Crippen molar-refractivity contribution in [2.24, 2.45) is 5.84 Å². The highest BCUT2D eigenvalue weighted by Gasteiger charge is 2.28. The van der Waals surface area contributed by atoms with Crippen LogP contribution in [0.3, 0.4) is 0 Å². The van der Waals surface area contributed by atoms with Crippen LogP contribution in [0.5, 0.6) is 0 Å². The maximum Gasteiger partial charge on any atom is 0.0911 e. The third kappa shape index (κ3) is 2.73. The molecule has 17 heavy (non-hydrogen) atoms. The summed E-state index contributed by atoms with van der Waals surface area (Å²) in [6.07, 6.45) is 3.39. The number of morpholine rings is 1. The lowest BCUT2D eigenvalue weighted by atomic mass is 10.0. The van der Waals surface area contributed by atoms with E-state index in [9.17, 15) is 0 Å². The fraction of sp³-hybridized carbons (Fsp3) is 0.545. The van der Waals surface area contributed by atoms with Gasteiger partial charge in [-0.25, -0.2) is 0 Å². The number of hydrogen-bond donors (Lipinski definition) is 3. The first kappa shape index (κ1) is 12.3. The number of ether oxygens (including phenoxy) is 1. The summed E-state index contributed by atoms with van der Waals surface area (Å²) in [6, 6.07) is 1.64. The molecule has 5 N–H and O–H groups in total. The average molecular weight is 237 g/mol. The Bertz CT molecular complexity index is 373. The first-order valence-electron chi connectivity index (χ1n) is 5.68. The molecule has 1 saturated heterocycles. The Morgan fingerprint density at radius 2 is 2.47 bits per heavy atom. The summed E-state index contributed by atoms with van der Waals surface area (Å²) in [5, 5.41) is 0. The number of nitrogen functional groups attached to an aromatic ring is 1. The number of nitrogens with zero attached hydrogens (tertiary/aromatic N) is 2. The first-order chi connectivity index (χ1) is 8.22. The number of pyridine rings is 1. The van der Waals surface area contributed by atoms with Crippen molar-refractivity contribution < 1.29 is 4.74 Å². The maximum absolute atomic E-state index is 5.93. The molecular formula is C11H19N5O. The van der Waals surface area contributed by atoms with Crippen LogP contribution in [0, 0.1) is 0 Å². The SMILES string of the molecule is CN1CCOC(C(NN)c2cnccc2N)C1. The van der Waals surface area contributed by atoms with Crippen LogP contribution >= 0.6 is 0 Å². The number of hydrazine groups is 1. The molecular weight excluding hydrogens is 218 g/mol. The number of aromatic nitrogens is 1. The Balaban J connectivity index is 2.18. The minimum Gasteiger partial charge on any atom is -0.398 e. The Morgan fingerprint density at radius 1 is 1.65 bits per heavy atom. The van der Waals surface area contributed by atoms with E-state index in [0.717, 1.165) is 18.7 Å². The van der Waals surface area contributed by atoms with E-state index in [1.165, 1.54) is 0 Å². The molecule has 0 saturated carbocycles. The smallest absolute Gasteiger partial charge is 0.0911 e. The van der Waals surface area contributed by atoms with E-state index in [1.54, 1.807) is 18.5 Å². The van der Waals surface area contributed by atoms with Gasteiger partial charge in [0.25, 0.3) is 0 Å². The quantitative estimate of drug-likeness (QED) is 0.485. The van der Waals surface area contributed by atoms with Gasteiger partial charge in [0.15, 0.2) is 0 Å². The highest BCUT2D eigenvalue weighted by Crippen LogP contribution is 2.24. The largest absolute Gasteiger partial charge is 0.398 e. The molecule has 0 aromatic carbocycles. The zero-order chi connectivity index (χ0) is 12.3. The first-order valence-corrected chi connectivity index (χ1v) is 5.68. The van der Waals surface area contributed by atoms with Gasteiger partial charge >= 0.3 is 0 Å². The van der Waals surface area contributed by atoms with Crippen molar-refractivity contribution >= 4 is 5.69 Å². The summed E-state index contributed by atoms with van der Waals surface area (Å²) in [7, 11) is 2.07. The van der Waals surface area contributed by atoms with E-state index >= 15 is 0 Å². The second kappa shape index (κ2) is 5.42. The van der Waals surface area contributed by atoms with Crippen molar-refractivity contribution in [3.05, 3.63) is 24.0 Å². The van der Waals surface area contributed by atoms with E-state index < -0.39 is 0 Å². The van der Waals surface area contributed by atoms with Crippen molar-refractivity contribution in [2.45, 2.75) is 12.1 Å². The van der Waals surface area contributed by atoms with Crippen molar-refractivity contribution in [3.8, 4) is 0 Å². The second-order valence-electron chi connectivity index (χ2n) is 4.32. The van der Waals surface area contributed by atoms with E-state index in [2.05, 4.69) is 22.4 Å². The topological polar surface area (TPSA) is 89.4 Å². The standard InChI is InChI=1S/C11H19N5O/c1-16-4-5-17-10(7-16)11(15-13)8-6-14-3-2-9(8)12/h2-3,6,10-11,15H,4-5,7,13H2,1H3,(H2,12,14). The number of likely N-dealkylation sites (N-methyl/N-ethyl adjacent to an activating group) is 1. The van der Waals surface area contributed by atoms with Gasteiger partial charge in [-0.15, -0.1) is 0 Å². The molecule has 1 aliphatic heterocycles. The summed E-state index contributed by atoms with van der Waals surface area (Å²) in [5.41, 5.74) is 10.3. The molecule has 2 atom stereocenters. The maximum atomic E-state index is 5.93. The zero-order valence-electron chi connectivity index (χ0n) is 9.97. The van der Waals surface area contributed by atoms with Gasteiger partial charge in [-0.3, -0.25) is 16.3 Å². The molecule has 1 aromatic rings. The third-order valence-electron chi connectivity index (χ3n) is 3.07. The van der Waals surface area contributed by atoms with Gasteiger partial charge in [-0.2, -0.15) is 0 Å². The van der Waals surface area contributed by atoms with Crippen LogP contribution in [0.4, 0.5) is 5.69 Å². The van der Waals surface area contributed by atoms with Crippen LogP contribution in [-0.2, 0) is 4.74 Å². The van der Waals surface area contributed by atoms with Crippen molar-refractivity contribution in [3.63, 3.8) is 0 Å². The van der Waals surface area contributed by atoms with Crippen molar-refractivity contribution in [2.75, 3.05) is 32.5 Å². The Labute approximate surface area is 101 Å². The summed E-state index contributed by atoms with van der Waals surface area (Å²) in [4.78, 5) is 6.30. The molecule has 1 aromatic heterocycles. The van der Waals surface area contributed by atoms with Gasteiger partial charge in [-0.1, -0.05) is 0 Å². The monoisotopic (exact) mass is 237 g/mol. The van der Waals surface area contributed by atoms with Crippen LogP contribution < -0.4 is 17.0 Å². The lowest BCUT2D eigenvalue weighted by Crippen LogP contribution is -2.48. The molecule has 2 unspecified atom stereocenters.